The van der Waals surface area contributed by atoms with Crippen molar-refractivity contribution >= 4 is 21.8 Å². The molecule has 1 amide bonds. The van der Waals surface area contributed by atoms with Crippen LogP contribution in [0.1, 0.15) is 16.2 Å². The number of nitrogens with one attached hydrogen (secondary N) is 1. The van der Waals surface area contributed by atoms with E-state index in [9.17, 15) is 4.79 Å². The topological polar surface area (TPSA) is 68.3 Å². The molecule has 2 aromatic heterocycles. The Morgan fingerprint density at radius 1 is 1.47 bits per heavy atom. The van der Waals surface area contributed by atoms with Gasteiger partial charge in [0.15, 0.2) is 10.4 Å². The van der Waals surface area contributed by atoms with Crippen LogP contribution in [0.3, 0.4) is 0 Å². The Hall–Kier alpha value is -1.56. The number of rotatable bonds is 3. The van der Waals surface area contributed by atoms with Gasteiger partial charge >= 0.3 is 0 Å². The summed E-state index contributed by atoms with van der Waals surface area (Å²) in [6.07, 6.45) is 1.45. The van der Waals surface area contributed by atoms with Crippen LogP contribution in [0.15, 0.2) is 38.1 Å². The summed E-state index contributed by atoms with van der Waals surface area (Å²) in [6.45, 7) is 0.313. The van der Waals surface area contributed by atoms with Crippen LogP contribution in [-0.4, -0.2) is 11.1 Å². The van der Waals surface area contributed by atoms with Crippen molar-refractivity contribution in [3.05, 3.63) is 40.6 Å². The molecule has 0 aromatic carbocycles. The Bertz CT molecular complexity index is 450. The van der Waals surface area contributed by atoms with Gasteiger partial charge in [0.25, 0.3) is 5.91 Å². The third kappa shape index (κ3) is 2.47. The maximum atomic E-state index is 11.5. The first-order valence-corrected chi connectivity index (χ1v) is 4.98. The molecule has 2 heterocycles. The second-order valence-corrected chi connectivity index (χ2v) is 3.56. The number of hydrogen-bond acceptors (Lipinski definition) is 4. The van der Waals surface area contributed by atoms with Crippen molar-refractivity contribution in [2.45, 2.75) is 6.54 Å². The van der Waals surface area contributed by atoms with E-state index in [2.05, 4.69) is 30.9 Å². The number of nitrogens with zero attached hydrogens (tertiary/aromatic N) is 1. The van der Waals surface area contributed by atoms with Gasteiger partial charge in [-0.05, 0) is 28.1 Å². The van der Waals surface area contributed by atoms with E-state index in [0.717, 1.165) is 0 Å². The molecule has 1 N–H and O–H groups in total. The molecule has 2 aromatic rings. The second-order valence-electron chi connectivity index (χ2n) is 2.78. The van der Waals surface area contributed by atoms with Crippen molar-refractivity contribution in [1.82, 2.24) is 10.5 Å². The van der Waals surface area contributed by atoms with Gasteiger partial charge < -0.3 is 14.3 Å². The average Bonchev–Trinajstić information content (AvgIpc) is 2.84. The molecule has 0 spiro atoms. The number of aromatic nitrogens is 1. The van der Waals surface area contributed by atoms with E-state index in [1.165, 1.54) is 6.26 Å². The molecule has 0 aliphatic carbocycles. The lowest BCUT2D eigenvalue weighted by Gasteiger charge is -1.98. The summed E-state index contributed by atoms with van der Waals surface area (Å²) in [5, 5.41) is 6.30. The van der Waals surface area contributed by atoms with E-state index in [4.69, 9.17) is 4.42 Å². The van der Waals surface area contributed by atoms with Crippen molar-refractivity contribution < 1.29 is 13.7 Å². The Morgan fingerprint density at radius 3 is 2.93 bits per heavy atom. The summed E-state index contributed by atoms with van der Waals surface area (Å²) in [5.74, 6) is -0.0333. The minimum absolute atomic E-state index is 0.255. The highest BCUT2D eigenvalue weighted by molar-refractivity contribution is 9.10. The number of amides is 1. The highest BCUT2D eigenvalue weighted by atomic mass is 79.9. The monoisotopic (exact) mass is 270 g/mol. The maximum absolute atomic E-state index is 11.5. The third-order valence-corrected chi connectivity index (χ3v) is 2.14. The number of carbonyl (C=O) groups is 1. The number of halogens is 1. The average molecular weight is 271 g/mol. The molecule has 15 heavy (non-hydrogen) atoms. The zero-order chi connectivity index (χ0) is 10.7. The normalized spacial score (nSPS) is 10.2. The van der Waals surface area contributed by atoms with Crippen molar-refractivity contribution in [2.75, 3.05) is 0 Å². The van der Waals surface area contributed by atoms with Gasteiger partial charge in [-0.3, -0.25) is 4.79 Å². The molecule has 0 saturated heterocycles. The van der Waals surface area contributed by atoms with E-state index in [-0.39, 0.29) is 11.7 Å². The molecule has 0 aliphatic heterocycles. The summed E-state index contributed by atoms with van der Waals surface area (Å²) >= 11 is 3.12. The highest BCUT2D eigenvalue weighted by Gasteiger charge is 2.10. The summed E-state index contributed by atoms with van der Waals surface area (Å²) in [7, 11) is 0. The Morgan fingerprint density at radius 2 is 2.33 bits per heavy atom. The van der Waals surface area contributed by atoms with Gasteiger partial charge in [-0.25, -0.2) is 0 Å². The van der Waals surface area contributed by atoms with Crippen LogP contribution < -0.4 is 5.32 Å². The first kappa shape index (κ1) is 9.97. The molecule has 6 heteroatoms. The van der Waals surface area contributed by atoms with Crippen LogP contribution in [-0.2, 0) is 6.54 Å². The molecule has 2 rings (SSSR count). The minimum atomic E-state index is -0.288. The summed E-state index contributed by atoms with van der Waals surface area (Å²) in [6, 6.07) is 4.92. The van der Waals surface area contributed by atoms with Crippen molar-refractivity contribution in [3.8, 4) is 0 Å². The van der Waals surface area contributed by atoms with E-state index in [1.807, 2.05) is 0 Å². The van der Waals surface area contributed by atoms with Gasteiger partial charge in [0.2, 0.25) is 0 Å². The first-order chi connectivity index (χ1) is 7.25. The fourth-order valence-corrected chi connectivity index (χ4v) is 1.33. The molecule has 78 valence electrons. The van der Waals surface area contributed by atoms with Crippen LogP contribution >= 0.6 is 15.9 Å². The van der Waals surface area contributed by atoms with Crippen LogP contribution in [0.4, 0.5) is 0 Å². The van der Waals surface area contributed by atoms with Crippen LogP contribution in [0.25, 0.3) is 0 Å². The predicted octanol–water partition coefficient (Wildman–Crippen LogP) is 1.96. The van der Waals surface area contributed by atoms with E-state index < -0.39 is 0 Å². The lowest BCUT2D eigenvalue weighted by atomic mass is 10.4. The summed E-state index contributed by atoms with van der Waals surface area (Å²) in [5.41, 5.74) is 0.661. The highest BCUT2D eigenvalue weighted by Crippen LogP contribution is 2.13. The maximum Gasteiger partial charge on any atom is 0.287 e. The molecule has 0 fully saturated rings. The zero-order valence-electron chi connectivity index (χ0n) is 7.57. The van der Waals surface area contributed by atoms with Crippen LogP contribution in [0.2, 0.25) is 0 Å². The lowest BCUT2D eigenvalue weighted by Crippen LogP contribution is -2.22. The molecule has 5 nitrogen and oxygen atoms in total. The predicted molar refractivity (Wildman–Crippen MR) is 54.1 cm³/mol. The molecule has 0 aliphatic rings. The second kappa shape index (κ2) is 4.31. The molecule has 0 bridgehead atoms. The van der Waals surface area contributed by atoms with E-state index in [0.29, 0.717) is 16.9 Å². The van der Waals surface area contributed by atoms with Crippen LogP contribution in [0, 0.1) is 0 Å². The fraction of sp³-hybridized carbons (Fsp3) is 0.111. The van der Waals surface area contributed by atoms with Gasteiger partial charge in [0, 0.05) is 6.07 Å². The first-order valence-electron chi connectivity index (χ1n) is 4.18. The lowest BCUT2D eigenvalue weighted by molar-refractivity contribution is 0.0921. The van der Waals surface area contributed by atoms with Crippen molar-refractivity contribution in [3.63, 3.8) is 0 Å². The van der Waals surface area contributed by atoms with Gasteiger partial charge in [-0.1, -0.05) is 5.16 Å². The molecular formula is C9H7BrN2O3. The zero-order valence-corrected chi connectivity index (χ0v) is 9.15. The van der Waals surface area contributed by atoms with Gasteiger partial charge in [-0.2, -0.15) is 0 Å². The minimum Gasteiger partial charge on any atom is -0.444 e. The van der Waals surface area contributed by atoms with Gasteiger partial charge in [0.05, 0.1) is 6.54 Å². The van der Waals surface area contributed by atoms with Gasteiger partial charge in [-0.15, -0.1) is 0 Å². The SMILES string of the molecule is O=C(NCc1ccon1)c1ccc(Br)o1. The molecular weight excluding hydrogens is 264 g/mol. The van der Waals surface area contributed by atoms with E-state index in [1.54, 1.807) is 18.2 Å². The molecule has 0 atom stereocenters. The number of furan rings is 1. The molecule has 0 unspecified atom stereocenters. The smallest absolute Gasteiger partial charge is 0.287 e. The number of carbonyl (C=O) groups excluding carboxylic acids is 1. The summed E-state index contributed by atoms with van der Waals surface area (Å²) < 4.78 is 10.2. The summed E-state index contributed by atoms with van der Waals surface area (Å²) in [4.78, 5) is 11.5. The van der Waals surface area contributed by atoms with Gasteiger partial charge in [0.1, 0.15) is 12.0 Å². The number of hydrogen-bond donors (Lipinski definition) is 1. The largest absolute Gasteiger partial charge is 0.444 e. The molecule has 0 radical (unpaired) electrons. The Balaban J connectivity index is 1.93. The van der Waals surface area contributed by atoms with Crippen molar-refractivity contribution in [2.24, 2.45) is 0 Å². The van der Waals surface area contributed by atoms with Crippen LogP contribution in [0.5, 0.6) is 0 Å². The Labute approximate surface area is 93.6 Å². The van der Waals surface area contributed by atoms with E-state index >= 15 is 0 Å². The molecule has 0 saturated carbocycles. The van der Waals surface area contributed by atoms with Crippen molar-refractivity contribution in [1.29, 1.82) is 0 Å². The Kier molecular flexibility index (Phi) is 2.86. The standard InChI is InChI=1S/C9H7BrN2O3/c10-8-2-1-7(15-8)9(13)11-5-6-3-4-14-12-6/h1-4H,5H2,(H,11,13). The third-order valence-electron chi connectivity index (χ3n) is 1.72. The quantitative estimate of drug-likeness (QED) is 0.926. The fourth-order valence-electron chi connectivity index (χ4n) is 1.02.